The van der Waals surface area contributed by atoms with Crippen LogP contribution in [-0.4, -0.2) is 51.7 Å². The number of nitriles is 1. The molecule has 2 saturated heterocycles. The topological polar surface area (TPSA) is 132 Å². The largest absolute Gasteiger partial charge is 0.454 e. The molecule has 0 amide bonds. The summed E-state index contributed by atoms with van der Waals surface area (Å²) in [7, 11) is 0. The summed E-state index contributed by atoms with van der Waals surface area (Å²) in [5.41, 5.74) is 0.127. The first-order valence-electron chi connectivity index (χ1n) is 6.68. The number of hydrogen-bond acceptors (Lipinski definition) is 8. The van der Waals surface area contributed by atoms with Crippen LogP contribution in [0.2, 0.25) is 0 Å². The molecule has 0 radical (unpaired) electrons. The SMILES string of the molecule is C=C(C)C(=O)OCC(=O)OC1C2OC(CC2C#N)C1OS(=O)O. The van der Waals surface area contributed by atoms with E-state index in [1.54, 1.807) is 0 Å². The average Bonchev–Trinajstić information content (AvgIpc) is 3.03. The highest BCUT2D eigenvalue weighted by Gasteiger charge is 2.58. The van der Waals surface area contributed by atoms with Crippen LogP contribution in [0.3, 0.4) is 0 Å². The first kappa shape index (κ1) is 17.6. The van der Waals surface area contributed by atoms with Gasteiger partial charge in [-0.1, -0.05) is 6.58 Å². The molecule has 2 fully saturated rings. The molecule has 0 spiro atoms. The number of ether oxygens (including phenoxy) is 3. The fraction of sp³-hybridized carbons (Fsp3) is 0.615. The molecule has 0 aromatic heterocycles. The lowest BCUT2D eigenvalue weighted by Crippen LogP contribution is -2.46. The smallest absolute Gasteiger partial charge is 0.344 e. The number of esters is 2. The highest BCUT2D eigenvalue weighted by molar-refractivity contribution is 7.74. The van der Waals surface area contributed by atoms with Gasteiger partial charge in [0.15, 0.2) is 12.7 Å². The van der Waals surface area contributed by atoms with Gasteiger partial charge in [-0.15, -0.1) is 0 Å². The zero-order chi connectivity index (χ0) is 17.1. The Bertz CT molecular complexity index is 585. The van der Waals surface area contributed by atoms with Gasteiger partial charge >= 0.3 is 23.3 Å². The van der Waals surface area contributed by atoms with Crippen LogP contribution in [0.15, 0.2) is 12.2 Å². The second kappa shape index (κ2) is 7.18. The molecule has 0 aliphatic carbocycles. The Morgan fingerprint density at radius 1 is 1.48 bits per heavy atom. The summed E-state index contributed by atoms with van der Waals surface area (Å²) >= 11 is -2.57. The Kier molecular flexibility index (Phi) is 5.48. The Hall–Kier alpha value is -1.80. The zero-order valence-corrected chi connectivity index (χ0v) is 13.0. The molecule has 2 aliphatic heterocycles. The van der Waals surface area contributed by atoms with Crippen molar-refractivity contribution in [2.45, 2.75) is 37.8 Å². The van der Waals surface area contributed by atoms with E-state index >= 15 is 0 Å². The molecule has 2 heterocycles. The average molecular weight is 345 g/mol. The van der Waals surface area contributed by atoms with E-state index in [1.807, 2.05) is 6.07 Å². The second-order valence-electron chi connectivity index (χ2n) is 5.20. The van der Waals surface area contributed by atoms with Crippen LogP contribution in [0.1, 0.15) is 13.3 Å². The fourth-order valence-electron chi connectivity index (χ4n) is 2.56. The van der Waals surface area contributed by atoms with Crippen molar-refractivity contribution in [1.82, 2.24) is 0 Å². The van der Waals surface area contributed by atoms with Crippen molar-refractivity contribution in [1.29, 1.82) is 5.26 Å². The van der Waals surface area contributed by atoms with Gasteiger partial charge in [0.1, 0.15) is 12.2 Å². The summed E-state index contributed by atoms with van der Waals surface area (Å²) < 4.78 is 39.8. The van der Waals surface area contributed by atoms with Crippen LogP contribution < -0.4 is 0 Å². The zero-order valence-electron chi connectivity index (χ0n) is 12.2. The summed E-state index contributed by atoms with van der Waals surface area (Å²) in [5.74, 6) is -2.14. The van der Waals surface area contributed by atoms with Crippen LogP contribution >= 0.6 is 0 Å². The Labute approximate surface area is 134 Å². The number of fused-ring (bicyclic) bond motifs is 2. The molecule has 9 nitrogen and oxygen atoms in total. The Morgan fingerprint density at radius 2 is 2.17 bits per heavy atom. The van der Waals surface area contributed by atoms with Crippen molar-refractivity contribution in [3.8, 4) is 6.07 Å². The summed E-state index contributed by atoms with van der Waals surface area (Å²) in [6.07, 6.45) is -3.03. The first-order chi connectivity index (χ1) is 10.8. The van der Waals surface area contributed by atoms with Gasteiger partial charge in [0.05, 0.1) is 18.1 Å². The standard InChI is InChI=1S/C13H15NO8S/c1-6(2)13(16)19-5-9(15)21-12-10-7(4-14)3-8(20-10)11(12)22-23(17)18/h7-8,10-12H,1,3,5H2,2H3,(H,17,18). The molecule has 0 aromatic carbocycles. The summed E-state index contributed by atoms with van der Waals surface area (Å²) in [6.45, 7) is 4.15. The fourth-order valence-corrected chi connectivity index (χ4v) is 2.98. The highest BCUT2D eigenvalue weighted by Crippen LogP contribution is 2.42. The van der Waals surface area contributed by atoms with Gasteiger partial charge in [0.2, 0.25) is 0 Å². The van der Waals surface area contributed by atoms with Crippen molar-refractivity contribution < 1.29 is 36.7 Å². The maximum atomic E-state index is 11.8. The van der Waals surface area contributed by atoms with E-state index in [9.17, 15) is 13.8 Å². The van der Waals surface area contributed by atoms with Gasteiger partial charge in [-0.25, -0.2) is 9.59 Å². The summed E-state index contributed by atoms with van der Waals surface area (Å²) in [6, 6.07) is 2.03. The maximum Gasteiger partial charge on any atom is 0.344 e. The number of hydrogen-bond donors (Lipinski definition) is 1. The molecule has 2 aliphatic rings. The minimum Gasteiger partial charge on any atom is -0.454 e. The van der Waals surface area contributed by atoms with E-state index in [0.717, 1.165) is 0 Å². The molecule has 0 aromatic rings. The third-order valence-electron chi connectivity index (χ3n) is 3.53. The maximum absolute atomic E-state index is 11.8. The van der Waals surface area contributed by atoms with Crippen molar-refractivity contribution in [2.24, 2.45) is 5.92 Å². The molecule has 6 atom stereocenters. The quantitative estimate of drug-likeness (QED) is 0.396. The van der Waals surface area contributed by atoms with Crippen molar-refractivity contribution in [3.63, 3.8) is 0 Å². The molecule has 10 heteroatoms. The number of carbonyl (C=O) groups excluding carboxylic acids is 2. The molecule has 23 heavy (non-hydrogen) atoms. The molecule has 1 N–H and O–H groups in total. The molecule has 0 saturated carbocycles. The van der Waals surface area contributed by atoms with E-state index in [4.69, 9.17) is 23.5 Å². The van der Waals surface area contributed by atoms with Gasteiger partial charge in [0.25, 0.3) is 0 Å². The second-order valence-corrected chi connectivity index (χ2v) is 5.83. The lowest BCUT2D eigenvalue weighted by atomic mass is 9.86. The van der Waals surface area contributed by atoms with Crippen LogP contribution in [0, 0.1) is 17.2 Å². The van der Waals surface area contributed by atoms with Crippen molar-refractivity contribution >= 4 is 23.3 Å². The summed E-state index contributed by atoms with van der Waals surface area (Å²) in [4.78, 5) is 23.0. The van der Waals surface area contributed by atoms with Gasteiger partial charge in [-0.2, -0.15) is 9.47 Å². The van der Waals surface area contributed by atoms with Crippen LogP contribution in [0.5, 0.6) is 0 Å². The number of carbonyl (C=O) groups is 2. The molecule has 2 bridgehead atoms. The number of rotatable bonds is 6. The van der Waals surface area contributed by atoms with Gasteiger partial charge in [-0.3, -0.25) is 8.74 Å². The lowest BCUT2D eigenvalue weighted by molar-refractivity contribution is -0.165. The molecule has 126 valence electrons. The lowest BCUT2D eigenvalue weighted by Gasteiger charge is -2.28. The molecule has 2 rings (SSSR count). The van der Waals surface area contributed by atoms with Crippen LogP contribution in [-0.2, 0) is 39.3 Å². The van der Waals surface area contributed by atoms with Gasteiger partial charge in [0, 0.05) is 5.57 Å². The van der Waals surface area contributed by atoms with Crippen LogP contribution in [0.4, 0.5) is 0 Å². The molecular weight excluding hydrogens is 330 g/mol. The van der Waals surface area contributed by atoms with Crippen LogP contribution in [0.25, 0.3) is 0 Å². The normalized spacial score (nSPS) is 32.8. The van der Waals surface area contributed by atoms with E-state index in [1.165, 1.54) is 6.92 Å². The third kappa shape index (κ3) is 3.94. The monoisotopic (exact) mass is 345 g/mol. The predicted molar refractivity (Wildman–Crippen MR) is 73.7 cm³/mol. The number of nitrogens with zero attached hydrogens (tertiary/aromatic N) is 1. The Balaban J connectivity index is 1.98. The van der Waals surface area contributed by atoms with E-state index in [0.29, 0.717) is 6.42 Å². The highest BCUT2D eigenvalue weighted by atomic mass is 32.2. The molecular formula is C13H15NO8S. The predicted octanol–water partition coefficient (Wildman–Crippen LogP) is -0.150. The van der Waals surface area contributed by atoms with E-state index in [-0.39, 0.29) is 5.57 Å². The van der Waals surface area contributed by atoms with Gasteiger partial charge < -0.3 is 14.2 Å². The van der Waals surface area contributed by atoms with E-state index in [2.05, 4.69) is 11.3 Å². The molecule has 6 unspecified atom stereocenters. The minimum absolute atomic E-state index is 0.127. The first-order valence-corrected chi connectivity index (χ1v) is 7.71. The van der Waals surface area contributed by atoms with Crippen molar-refractivity contribution in [2.75, 3.05) is 6.61 Å². The third-order valence-corrected chi connectivity index (χ3v) is 3.91. The Morgan fingerprint density at radius 3 is 2.74 bits per heavy atom. The van der Waals surface area contributed by atoms with E-state index < -0.39 is 60.2 Å². The van der Waals surface area contributed by atoms with Crippen molar-refractivity contribution in [3.05, 3.63) is 12.2 Å². The minimum atomic E-state index is -2.57. The summed E-state index contributed by atoms with van der Waals surface area (Å²) in [5, 5.41) is 9.05. The van der Waals surface area contributed by atoms with Gasteiger partial charge in [-0.05, 0) is 13.3 Å².